The maximum atomic E-state index is 5.62. The molecule has 0 aliphatic carbocycles. The summed E-state index contributed by atoms with van der Waals surface area (Å²) in [6.07, 6.45) is 3.24. The van der Waals surface area contributed by atoms with Gasteiger partial charge in [-0.3, -0.25) is 0 Å². The van der Waals surface area contributed by atoms with E-state index in [1.807, 2.05) is 6.92 Å². The Morgan fingerprint density at radius 2 is 2.20 bits per heavy atom. The molecule has 0 saturated carbocycles. The highest BCUT2D eigenvalue weighted by Crippen LogP contribution is 2.00. The zero-order valence-electron chi connectivity index (χ0n) is 7.95. The van der Waals surface area contributed by atoms with Gasteiger partial charge in [0, 0.05) is 6.20 Å². The highest BCUT2D eigenvalue weighted by atomic mass is 35.5. The molecule has 2 aromatic heterocycles. The molecule has 15 heavy (non-hydrogen) atoms. The lowest BCUT2D eigenvalue weighted by atomic mass is 10.4. The standard InChI is InChI=1S/C10H7ClN4/c1-7-13-6-9(14-7)3-2-8-4-5-12-10(11)15-8/h4-6H,1H3,(H,13,14). The van der Waals surface area contributed by atoms with E-state index in [-0.39, 0.29) is 5.28 Å². The Morgan fingerprint density at radius 1 is 1.33 bits per heavy atom. The molecule has 0 amide bonds. The van der Waals surface area contributed by atoms with Gasteiger partial charge in [0.1, 0.15) is 17.2 Å². The van der Waals surface area contributed by atoms with Gasteiger partial charge in [-0.15, -0.1) is 0 Å². The van der Waals surface area contributed by atoms with Gasteiger partial charge in [-0.25, -0.2) is 15.0 Å². The first kappa shape index (κ1) is 9.69. The largest absolute Gasteiger partial charge is 0.336 e. The van der Waals surface area contributed by atoms with Gasteiger partial charge in [0.05, 0.1) is 6.20 Å². The fraction of sp³-hybridized carbons (Fsp3) is 0.100. The zero-order valence-corrected chi connectivity index (χ0v) is 8.71. The molecule has 0 aliphatic rings. The average Bonchev–Trinajstić information content (AvgIpc) is 2.62. The van der Waals surface area contributed by atoms with E-state index in [1.54, 1.807) is 18.5 Å². The van der Waals surface area contributed by atoms with Crippen LogP contribution < -0.4 is 0 Å². The molecule has 74 valence electrons. The molecule has 0 unspecified atom stereocenters. The molecule has 0 atom stereocenters. The van der Waals surface area contributed by atoms with Crippen LogP contribution >= 0.6 is 11.6 Å². The molecule has 0 aliphatic heterocycles. The van der Waals surface area contributed by atoms with E-state index >= 15 is 0 Å². The van der Waals surface area contributed by atoms with Crippen LogP contribution in [0.5, 0.6) is 0 Å². The highest BCUT2D eigenvalue weighted by molar-refractivity contribution is 6.28. The maximum Gasteiger partial charge on any atom is 0.223 e. The van der Waals surface area contributed by atoms with Crippen molar-refractivity contribution < 1.29 is 0 Å². The molecule has 0 bridgehead atoms. The maximum absolute atomic E-state index is 5.62. The number of halogens is 1. The SMILES string of the molecule is Cc1ncc(C#Cc2ccnc(Cl)n2)[nH]1. The van der Waals surface area contributed by atoms with E-state index < -0.39 is 0 Å². The van der Waals surface area contributed by atoms with Crippen LogP contribution in [0.4, 0.5) is 0 Å². The highest BCUT2D eigenvalue weighted by Gasteiger charge is 1.93. The van der Waals surface area contributed by atoms with Gasteiger partial charge in [-0.05, 0) is 36.4 Å². The van der Waals surface area contributed by atoms with Gasteiger partial charge in [0.15, 0.2) is 0 Å². The van der Waals surface area contributed by atoms with Crippen molar-refractivity contribution in [1.82, 2.24) is 19.9 Å². The number of aromatic nitrogens is 4. The van der Waals surface area contributed by atoms with Crippen LogP contribution in [0.25, 0.3) is 0 Å². The third-order valence-electron chi connectivity index (χ3n) is 1.65. The third-order valence-corrected chi connectivity index (χ3v) is 1.84. The summed E-state index contributed by atoms with van der Waals surface area (Å²) >= 11 is 5.62. The Morgan fingerprint density at radius 3 is 2.87 bits per heavy atom. The molecule has 4 nitrogen and oxygen atoms in total. The second-order valence-electron chi connectivity index (χ2n) is 2.84. The Bertz CT molecular complexity index is 536. The minimum Gasteiger partial charge on any atom is -0.336 e. The van der Waals surface area contributed by atoms with E-state index in [0.717, 1.165) is 11.5 Å². The lowest BCUT2D eigenvalue weighted by molar-refractivity contribution is 1.14. The molecule has 2 rings (SSSR count). The van der Waals surface area contributed by atoms with Gasteiger partial charge < -0.3 is 4.98 Å². The lowest BCUT2D eigenvalue weighted by Gasteiger charge is -1.88. The third kappa shape index (κ3) is 2.55. The van der Waals surface area contributed by atoms with E-state index in [9.17, 15) is 0 Å². The number of rotatable bonds is 0. The van der Waals surface area contributed by atoms with E-state index in [2.05, 4.69) is 31.8 Å². The van der Waals surface area contributed by atoms with Crippen LogP contribution in [0.3, 0.4) is 0 Å². The van der Waals surface area contributed by atoms with Gasteiger partial charge in [0.25, 0.3) is 0 Å². The first-order chi connectivity index (χ1) is 7.24. The summed E-state index contributed by atoms with van der Waals surface area (Å²) in [6, 6.07) is 1.70. The quantitative estimate of drug-likeness (QED) is 0.539. The van der Waals surface area contributed by atoms with E-state index in [0.29, 0.717) is 5.69 Å². The van der Waals surface area contributed by atoms with Gasteiger partial charge >= 0.3 is 0 Å². The summed E-state index contributed by atoms with van der Waals surface area (Å²) in [5, 5.41) is 0.197. The van der Waals surface area contributed by atoms with E-state index in [1.165, 1.54) is 0 Å². The molecule has 0 radical (unpaired) electrons. The first-order valence-electron chi connectivity index (χ1n) is 4.26. The summed E-state index contributed by atoms with van der Waals surface area (Å²) in [4.78, 5) is 14.7. The van der Waals surface area contributed by atoms with Crippen molar-refractivity contribution in [3.05, 3.63) is 41.0 Å². The van der Waals surface area contributed by atoms with Crippen LogP contribution in [-0.4, -0.2) is 19.9 Å². The summed E-state index contributed by atoms with van der Waals surface area (Å²) in [7, 11) is 0. The van der Waals surface area contributed by atoms with Crippen molar-refractivity contribution in [1.29, 1.82) is 0 Å². The number of H-pyrrole nitrogens is 1. The molecule has 0 spiro atoms. The van der Waals surface area contributed by atoms with Crippen molar-refractivity contribution in [2.75, 3.05) is 0 Å². The van der Waals surface area contributed by atoms with Gasteiger partial charge in [-0.2, -0.15) is 0 Å². The fourth-order valence-electron chi connectivity index (χ4n) is 1.02. The molecular formula is C10H7ClN4. The molecule has 0 aromatic carbocycles. The number of hydrogen-bond acceptors (Lipinski definition) is 3. The van der Waals surface area contributed by atoms with Crippen LogP contribution in [-0.2, 0) is 0 Å². The Balaban J connectivity index is 2.25. The summed E-state index contributed by atoms with van der Waals surface area (Å²) in [5.41, 5.74) is 1.34. The van der Waals surface area contributed by atoms with Crippen LogP contribution in [0.2, 0.25) is 5.28 Å². The minimum absolute atomic E-state index is 0.197. The summed E-state index contributed by atoms with van der Waals surface area (Å²) < 4.78 is 0. The number of aromatic amines is 1. The molecule has 0 saturated heterocycles. The first-order valence-corrected chi connectivity index (χ1v) is 4.64. The molecular weight excluding hydrogens is 212 g/mol. The molecule has 2 aromatic rings. The fourth-order valence-corrected chi connectivity index (χ4v) is 1.17. The molecule has 5 heteroatoms. The van der Waals surface area contributed by atoms with Crippen molar-refractivity contribution in [2.24, 2.45) is 0 Å². The monoisotopic (exact) mass is 218 g/mol. The molecule has 1 N–H and O–H groups in total. The Hall–Kier alpha value is -1.86. The van der Waals surface area contributed by atoms with Crippen molar-refractivity contribution in [3.8, 4) is 11.8 Å². The summed E-state index contributed by atoms with van der Waals surface area (Å²) in [5.74, 6) is 6.58. The molecule has 2 heterocycles. The lowest BCUT2D eigenvalue weighted by Crippen LogP contribution is -1.85. The predicted octanol–water partition coefficient (Wildman–Crippen LogP) is 1.56. The smallest absolute Gasteiger partial charge is 0.223 e. The predicted molar refractivity (Wildman–Crippen MR) is 56.3 cm³/mol. The number of aryl methyl sites for hydroxylation is 1. The average molecular weight is 219 g/mol. The van der Waals surface area contributed by atoms with E-state index in [4.69, 9.17) is 11.6 Å². The zero-order chi connectivity index (χ0) is 10.7. The van der Waals surface area contributed by atoms with Crippen molar-refractivity contribution >= 4 is 11.6 Å². The normalized spacial score (nSPS) is 9.47. The number of nitrogens with one attached hydrogen (secondary N) is 1. The van der Waals surface area contributed by atoms with Crippen molar-refractivity contribution in [3.63, 3.8) is 0 Å². The van der Waals surface area contributed by atoms with Crippen LogP contribution in [0, 0.1) is 18.8 Å². The van der Waals surface area contributed by atoms with Gasteiger partial charge in [-0.1, -0.05) is 0 Å². The van der Waals surface area contributed by atoms with Gasteiger partial charge in [0.2, 0.25) is 5.28 Å². The second kappa shape index (κ2) is 4.11. The number of nitrogens with zero attached hydrogens (tertiary/aromatic N) is 3. The van der Waals surface area contributed by atoms with Crippen molar-refractivity contribution in [2.45, 2.75) is 6.92 Å². The number of imidazole rings is 1. The number of hydrogen-bond donors (Lipinski definition) is 1. The van der Waals surface area contributed by atoms with Crippen LogP contribution in [0.15, 0.2) is 18.5 Å². The molecule has 0 fully saturated rings. The Labute approximate surface area is 91.8 Å². The second-order valence-corrected chi connectivity index (χ2v) is 3.18. The Kier molecular flexibility index (Phi) is 2.66. The van der Waals surface area contributed by atoms with Crippen LogP contribution in [0.1, 0.15) is 17.2 Å². The minimum atomic E-state index is 0.197. The summed E-state index contributed by atoms with van der Waals surface area (Å²) in [6.45, 7) is 1.87. The topological polar surface area (TPSA) is 54.5 Å².